The van der Waals surface area contributed by atoms with Crippen LogP contribution in [0.2, 0.25) is 0 Å². The SMILES string of the molecule is c1ccc(-n2c3ccccc3c3ccc4c(c5cc(-c6ccc7c(c6)c6ccccc6n7-c6ccc7ccccc7c6)ccc5n4-c4ccc5ccccc5c4)c32)cc1. The molecule has 59 heavy (non-hydrogen) atoms. The Balaban J connectivity index is 1.10. The summed E-state index contributed by atoms with van der Waals surface area (Å²) in [6.07, 6.45) is 0. The Bertz CT molecular complexity index is 3840. The number of nitrogens with zero attached hydrogens (tertiary/aromatic N) is 3. The van der Waals surface area contributed by atoms with Crippen LogP contribution < -0.4 is 0 Å². The number of benzene rings is 10. The summed E-state index contributed by atoms with van der Waals surface area (Å²) in [5.41, 5.74) is 13.1. The Kier molecular flexibility index (Phi) is 6.72. The molecule has 274 valence electrons. The second-order valence-corrected chi connectivity index (χ2v) is 15.8. The minimum atomic E-state index is 1.15. The first kappa shape index (κ1) is 32.2. The Morgan fingerprint density at radius 3 is 1.37 bits per heavy atom. The Morgan fingerprint density at radius 1 is 0.237 bits per heavy atom. The molecule has 10 aromatic carbocycles. The van der Waals surface area contributed by atoms with Gasteiger partial charge in [-0.3, -0.25) is 0 Å². The van der Waals surface area contributed by atoms with E-state index in [0.29, 0.717) is 0 Å². The topological polar surface area (TPSA) is 14.8 Å². The standard InChI is InChI=1S/C56H35N3/c1-2-16-42(17-3-1)59-51-21-11-8-18-45(51)47-28-31-54-55(56(47)59)49-35-41(25-30-53(49)58(54)44-27-23-37-13-5-7-15-39(37)33-44)40-24-29-52-48(34-40)46-19-9-10-20-50(46)57(52)43-26-22-36-12-4-6-14-38(36)32-43/h1-35H. The van der Waals surface area contributed by atoms with E-state index in [1.807, 2.05) is 0 Å². The zero-order valence-corrected chi connectivity index (χ0v) is 32.0. The van der Waals surface area contributed by atoms with E-state index in [1.54, 1.807) is 0 Å². The summed E-state index contributed by atoms with van der Waals surface area (Å²) in [4.78, 5) is 0. The lowest BCUT2D eigenvalue weighted by molar-refractivity contribution is 1.18. The summed E-state index contributed by atoms with van der Waals surface area (Å²) in [7, 11) is 0. The average molecular weight is 750 g/mol. The first-order valence-corrected chi connectivity index (χ1v) is 20.3. The predicted molar refractivity (Wildman–Crippen MR) is 250 cm³/mol. The molecule has 3 nitrogen and oxygen atoms in total. The monoisotopic (exact) mass is 749 g/mol. The highest BCUT2D eigenvalue weighted by molar-refractivity contribution is 6.26. The van der Waals surface area contributed by atoms with Crippen LogP contribution in [-0.4, -0.2) is 13.7 Å². The van der Waals surface area contributed by atoms with Crippen LogP contribution in [0.3, 0.4) is 0 Å². The van der Waals surface area contributed by atoms with Crippen LogP contribution >= 0.6 is 0 Å². The van der Waals surface area contributed by atoms with Gasteiger partial charge in [-0.1, -0.05) is 133 Å². The summed E-state index contributed by atoms with van der Waals surface area (Å²) >= 11 is 0. The second-order valence-electron chi connectivity index (χ2n) is 15.8. The van der Waals surface area contributed by atoms with Crippen LogP contribution in [0.1, 0.15) is 0 Å². The summed E-state index contributed by atoms with van der Waals surface area (Å²) < 4.78 is 7.35. The highest BCUT2D eigenvalue weighted by Crippen LogP contribution is 2.44. The molecule has 0 unspecified atom stereocenters. The van der Waals surface area contributed by atoms with Gasteiger partial charge in [0.2, 0.25) is 0 Å². The Morgan fingerprint density at radius 2 is 0.712 bits per heavy atom. The molecule has 0 saturated heterocycles. The average Bonchev–Trinajstić information content (AvgIpc) is 3.94. The van der Waals surface area contributed by atoms with Gasteiger partial charge in [-0.25, -0.2) is 0 Å². The van der Waals surface area contributed by atoms with Crippen molar-refractivity contribution in [2.75, 3.05) is 0 Å². The molecule has 3 aromatic heterocycles. The largest absolute Gasteiger partial charge is 0.309 e. The number of aromatic nitrogens is 3. The van der Waals surface area contributed by atoms with Gasteiger partial charge in [0.1, 0.15) is 0 Å². The van der Waals surface area contributed by atoms with Gasteiger partial charge in [-0.15, -0.1) is 0 Å². The van der Waals surface area contributed by atoms with E-state index in [2.05, 4.69) is 226 Å². The molecule has 0 spiro atoms. The third kappa shape index (κ3) is 4.70. The molecule has 0 aliphatic heterocycles. The van der Waals surface area contributed by atoms with E-state index < -0.39 is 0 Å². The fourth-order valence-electron chi connectivity index (χ4n) is 9.93. The molecule has 0 bridgehead atoms. The molecular weight excluding hydrogens is 715 g/mol. The van der Waals surface area contributed by atoms with Crippen molar-refractivity contribution in [2.24, 2.45) is 0 Å². The molecule has 13 rings (SSSR count). The number of hydrogen-bond acceptors (Lipinski definition) is 0. The smallest absolute Gasteiger partial charge is 0.0641 e. The number of hydrogen-bond donors (Lipinski definition) is 0. The molecule has 0 saturated carbocycles. The molecule has 13 aromatic rings. The van der Waals surface area contributed by atoms with Crippen LogP contribution in [-0.2, 0) is 0 Å². The molecule has 0 atom stereocenters. The molecule has 0 aliphatic carbocycles. The van der Waals surface area contributed by atoms with E-state index in [-0.39, 0.29) is 0 Å². The molecule has 0 N–H and O–H groups in total. The minimum Gasteiger partial charge on any atom is -0.309 e. The first-order valence-electron chi connectivity index (χ1n) is 20.3. The lowest BCUT2D eigenvalue weighted by atomic mass is 10.00. The number of fused-ring (bicyclic) bond motifs is 12. The van der Waals surface area contributed by atoms with Crippen LogP contribution in [0.5, 0.6) is 0 Å². The van der Waals surface area contributed by atoms with Crippen molar-refractivity contribution in [2.45, 2.75) is 0 Å². The maximum absolute atomic E-state index is 2.47. The first-order chi connectivity index (χ1) is 29.3. The van der Waals surface area contributed by atoms with Crippen LogP contribution in [0.25, 0.3) is 115 Å². The Hall–Kier alpha value is -7.88. The van der Waals surface area contributed by atoms with Gasteiger partial charge >= 0.3 is 0 Å². The second kappa shape index (κ2) is 12.3. The van der Waals surface area contributed by atoms with Crippen molar-refractivity contribution in [1.29, 1.82) is 0 Å². The van der Waals surface area contributed by atoms with Crippen LogP contribution in [0.4, 0.5) is 0 Å². The molecule has 3 heteroatoms. The minimum absolute atomic E-state index is 1.15. The van der Waals surface area contributed by atoms with E-state index in [1.165, 1.54) is 104 Å². The van der Waals surface area contributed by atoms with Gasteiger partial charge in [0.05, 0.1) is 33.1 Å². The fraction of sp³-hybridized carbons (Fsp3) is 0. The Labute approximate surface area is 339 Å². The molecule has 0 fully saturated rings. The van der Waals surface area contributed by atoms with Gasteiger partial charge in [-0.2, -0.15) is 0 Å². The molecule has 0 amide bonds. The molecule has 0 radical (unpaired) electrons. The lowest BCUT2D eigenvalue weighted by Crippen LogP contribution is -1.95. The van der Waals surface area contributed by atoms with Crippen molar-refractivity contribution in [3.05, 3.63) is 212 Å². The third-order valence-corrected chi connectivity index (χ3v) is 12.6. The molecular formula is C56H35N3. The summed E-state index contributed by atoms with van der Waals surface area (Å²) in [6, 6.07) is 78.1. The normalized spacial score (nSPS) is 12.1. The van der Waals surface area contributed by atoms with Crippen molar-refractivity contribution >= 4 is 87.0 Å². The number of rotatable bonds is 4. The van der Waals surface area contributed by atoms with E-state index in [9.17, 15) is 0 Å². The van der Waals surface area contributed by atoms with Crippen LogP contribution in [0.15, 0.2) is 212 Å². The highest BCUT2D eigenvalue weighted by atomic mass is 15.0. The summed E-state index contributed by atoms with van der Waals surface area (Å²) in [5, 5.41) is 12.4. The molecule has 3 heterocycles. The fourth-order valence-corrected chi connectivity index (χ4v) is 9.93. The summed E-state index contributed by atoms with van der Waals surface area (Å²) in [5.74, 6) is 0. The molecule has 0 aliphatic rings. The van der Waals surface area contributed by atoms with E-state index in [4.69, 9.17) is 0 Å². The van der Waals surface area contributed by atoms with Gasteiger partial charge in [-0.05, 0) is 112 Å². The predicted octanol–water partition coefficient (Wildman–Crippen LogP) is 15.0. The summed E-state index contributed by atoms with van der Waals surface area (Å²) in [6.45, 7) is 0. The van der Waals surface area contributed by atoms with Crippen molar-refractivity contribution in [3.63, 3.8) is 0 Å². The quantitative estimate of drug-likeness (QED) is 0.170. The van der Waals surface area contributed by atoms with Gasteiger partial charge in [0, 0.05) is 49.4 Å². The van der Waals surface area contributed by atoms with Crippen LogP contribution in [0, 0.1) is 0 Å². The zero-order valence-electron chi connectivity index (χ0n) is 32.0. The van der Waals surface area contributed by atoms with Crippen molar-refractivity contribution < 1.29 is 0 Å². The maximum atomic E-state index is 2.47. The lowest BCUT2D eigenvalue weighted by Gasteiger charge is -2.11. The maximum Gasteiger partial charge on any atom is 0.0641 e. The highest BCUT2D eigenvalue weighted by Gasteiger charge is 2.22. The van der Waals surface area contributed by atoms with E-state index in [0.717, 1.165) is 11.4 Å². The number of para-hydroxylation sites is 3. The third-order valence-electron chi connectivity index (χ3n) is 12.6. The van der Waals surface area contributed by atoms with Gasteiger partial charge in [0.25, 0.3) is 0 Å². The van der Waals surface area contributed by atoms with Crippen molar-refractivity contribution in [3.8, 4) is 28.2 Å². The van der Waals surface area contributed by atoms with Crippen molar-refractivity contribution in [1.82, 2.24) is 13.7 Å². The van der Waals surface area contributed by atoms with Gasteiger partial charge in [0.15, 0.2) is 0 Å². The zero-order chi connectivity index (χ0) is 38.6. The van der Waals surface area contributed by atoms with E-state index >= 15 is 0 Å². The van der Waals surface area contributed by atoms with Gasteiger partial charge < -0.3 is 13.7 Å².